The van der Waals surface area contributed by atoms with Crippen LogP contribution in [-0.4, -0.2) is 39.9 Å². The second-order valence-electron chi connectivity index (χ2n) is 9.72. The normalized spacial score (nSPS) is 14.9. The Bertz CT molecular complexity index is 1330. The van der Waals surface area contributed by atoms with Gasteiger partial charge < -0.3 is 5.32 Å². The average Bonchev–Trinajstić information content (AvgIpc) is 2.87. The lowest BCUT2D eigenvalue weighted by Gasteiger charge is -2.26. The SMILES string of the molecule is Cc1nc2cccc(NCc3ccc(CN4CCCCC4)cc3F)c2c(=O)n1C(C)CCC(=O)NC=O. The van der Waals surface area contributed by atoms with Crippen molar-refractivity contribution in [2.45, 2.75) is 65.1 Å². The number of fused-ring (bicyclic) bond motifs is 1. The Kier molecular flexibility index (Phi) is 8.66. The summed E-state index contributed by atoms with van der Waals surface area (Å²) in [6, 6.07) is 10.5. The third kappa shape index (κ3) is 6.40. The first kappa shape index (κ1) is 26.5. The molecule has 1 aliphatic heterocycles. The fraction of sp³-hybridized carbons (Fsp3) is 0.429. The summed E-state index contributed by atoms with van der Waals surface area (Å²) in [7, 11) is 0. The number of aryl methyl sites for hydroxylation is 1. The number of hydrogen-bond donors (Lipinski definition) is 2. The number of anilines is 1. The summed E-state index contributed by atoms with van der Waals surface area (Å²) in [6.45, 7) is 6.69. The van der Waals surface area contributed by atoms with Gasteiger partial charge in [0.1, 0.15) is 11.6 Å². The van der Waals surface area contributed by atoms with Crippen molar-refractivity contribution in [3.8, 4) is 0 Å². The van der Waals surface area contributed by atoms with Crippen LogP contribution in [0.3, 0.4) is 0 Å². The molecule has 2 amide bonds. The molecule has 0 radical (unpaired) electrons. The molecule has 4 rings (SSSR count). The molecule has 0 bridgehead atoms. The van der Waals surface area contributed by atoms with Gasteiger partial charge in [0.25, 0.3) is 5.56 Å². The molecule has 2 N–H and O–H groups in total. The molecular formula is C28H34FN5O3. The Morgan fingerprint density at radius 1 is 1.19 bits per heavy atom. The van der Waals surface area contributed by atoms with Gasteiger partial charge in [-0.25, -0.2) is 9.37 Å². The van der Waals surface area contributed by atoms with Gasteiger partial charge in [-0.3, -0.25) is 29.2 Å². The van der Waals surface area contributed by atoms with Gasteiger partial charge in [0.2, 0.25) is 12.3 Å². The number of hydrogen-bond acceptors (Lipinski definition) is 6. The predicted molar refractivity (Wildman–Crippen MR) is 142 cm³/mol. The summed E-state index contributed by atoms with van der Waals surface area (Å²) in [5.41, 5.74) is 2.38. The van der Waals surface area contributed by atoms with E-state index in [1.807, 2.05) is 19.1 Å². The quantitative estimate of drug-likeness (QED) is 0.402. The summed E-state index contributed by atoms with van der Waals surface area (Å²) in [5.74, 6) is -0.128. The van der Waals surface area contributed by atoms with Crippen LogP contribution in [0.1, 0.15) is 62.0 Å². The fourth-order valence-corrected chi connectivity index (χ4v) is 5.03. The van der Waals surface area contributed by atoms with Crippen molar-refractivity contribution >= 4 is 28.9 Å². The maximum Gasteiger partial charge on any atom is 0.263 e. The molecule has 37 heavy (non-hydrogen) atoms. The van der Waals surface area contributed by atoms with E-state index in [2.05, 4.69) is 20.5 Å². The molecule has 2 aromatic carbocycles. The first-order chi connectivity index (χ1) is 17.9. The number of nitrogens with one attached hydrogen (secondary N) is 2. The number of carbonyl (C=O) groups excluding carboxylic acids is 2. The molecule has 3 aromatic rings. The van der Waals surface area contributed by atoms with Crippen LogP contribution in [0.15, 0.2) is 41.2 Å². The zero-order chi connectivity index (χ0) is 26.4. The number of imide groups is 1. The highest BCUT2D eigenvalue weighted by molar-refractivity contribution is 5.90. The molecule has 196 valence electrons. The van der Waals surface area contributed by atoms with Crippen molar-refractivity contribution < 1.29 is 14.0 Å². The molecule has 0 saturated carbocycles. The van der Waals surface area contributed by atoms with Crippen LogP contribution in [0.2, 0.25) is 0 Å². The molecule has 1 aromatic heterocycles. The molecular weight excluding hydrogens is 473 g/mol. The summed E-state index contributed by atoms with van der Waals surface area (Å²) in [6.07, 6.45) is 4.49. The van der Waals surface area contributed by atoms with Crippen LogP contribution in [0, 0.1) is 12.7 Å². The summed E-state index contributed by atoms with van der Waals surface area (Å²) < 4.78 is 16.5. The number of rotatable bonds is 10. The smallest absolute Gasteiger partial charge is 0.263 e. The standard InChI is InChI=1S/C28H34FN5O3/c1-19(9-12-26(36)31-18-35)34-20(2)32-25-8-6-7-24(27(25)28(34)37)30-16-22-11-10-21(15-23(22)29)17-33-13-4-3-5-14-33/h6-8,10-11,15,18-19,30H,3-5,9,12-14,16-17H2,1-2H3,(H,31,35,36). The van der Waals surface area contributed by atoms with Crippen molar-refractivity contribution in [1.29, 1.82) is 0 Å². The van der Waals surface area contributed by atoms with Crippen molar-refractivity contribution in [1.82, 2.24) is 19.8 Å². The van der Waals surface area contributed by atoms with Crippen LogP contribution in [0.4, 0.5) is 10.1 Å². The topological polar surface area (TPSA) is 96.3 Å². The Hall–Kier alpha value is -3.59. The maximum atomic E-state index is 14.9. The zero-order valence-corrected chi connectivity index (χ0v) is 21.4. The minimum Gasteiger partial charge on any atom is -0.380 e. The van der Waals surface area contributed by atoms with E-state index in [1.54, 1.807) is 35.8 Å². The Morgan fingerprint density at radius 3 is 2.70 bits per heavy atom. The van der Waals surface area contributed by atoms with E-state index in [0.717, 1.165) is 25.2 Å². The molecule has 1 fully saturated rings. The van der Waals surface area contributed by atoms with Gasteiger partial charge in [-0.15, -0.1) is 0 Å². The monoisotopic (exact) mass is 507 g/mol. The van der Waals surface area contributed by atoms with Crippen LogP contribution >= 0.6 is 0 Å². The van der Waals surface area contributed by atoms with Crippen molar-refractivity contribution in [2.75, 3.05) is 18.4 Å². The minimum atomic E-state index is -0.396. The Morgan fingerprint density at radius 2 is 1.97 bits per heavy atom. The number of halogens is 1. The molecule has 1 saturated heterocycles. The van der Waals surface area contributed by atoms with Gasteiger partial charge in [0, 0.05) is 36.8 Å². The predicted octanol–water partition coefficient (Wildman–Crippen LogP) is 4.06. The lowest BCUT2D eigenvalue weighted by molar-refractivity contribution is -0.125. The molecule has 2 heterocycles. The molecule has 9 heteroatoms. The van der Waals surface area contributed by atoms with Crippen molar-refractivity contribution in [3.05, 3.63) is 69.5 Å². The van der Waals surface area contributed by atoms with E-state index in [-0.39, 0.29) is 30.4 Å². The number of amides is 2. The summed E-state index contributed by atoms with van der Waals surface area (Å²) in [5, 5.41) is 5.76. The number of piperidine rings is 1. The van der Waals surface area contributed by atoms with E-state index < -0.39 is 5.91 Å². The second-order valence-corrected chi connectivity index (χ2v) is 9.72. The highest BCUT2D eigenvalue weighted by Crippen LogP contribution is 2.23. The molecule has 8 nitrogen and oxygen atoms in total. The van der Waals surface area contributed by atoms with Gasteiger partial charge in [-0.1, -0.05) is 24.6 Å². The van der Waals surface area contributed by atoms with Crippen LogP contribution < -0.4 is 16.2 Å². The highest BCUT2D eigenvalue weighted by atomic mass is 19.1. The molecule has 1 atom stereocenters. The number of aromatic nitrogens is 2. The Labute approximate surface area is 215 Å². The second kappa shape index (κ2) is 12.1. The molecule has 1 aliphatic rings. The first-order valence-corrected chi connectivity index (χ1v) is 12.9. The van der Waals surface area contributed by atoms with E-state index >= 15 is 0 Å². The van der Waals surface area contributed by atoms with Crippen LogP contribution in [-0.2, 0) is 22.7 Å². The van der Waals surface area contributed by atoms with Gasteiger partial charge in [0.15, 0.2) is 0 Å². The van der Waals surface area contributed by atoms with Gasteiger partial charge in [-0.2, -0.15) is 0 Å². The maximum absolute atomic E-state index is 14.9. The molecule has 0 spiro atoms. The number of likely N-dealkylation sites (tertiary alicyclic amines) is 1. The largest absolute Gasteiger partial charge is 0.380 e. The summed E-state index contributed by atoms with van der Waals surface area (Å²) in [4.78, 5) is 42.7. The fourth-order valence-electron chi connectivity index (χ4n) is 5.03. The Balaban J connectivity index is 1.52. The molecule has 1 unspecified atom stereocenters. The van der Waals surface area contributed by atoms with Crippen molar-refractivity contribution in [2.24, 2.45) is 0 Å². The number of nitrogens with zero attached hydrogens (tertiary/aromatic N) is 3. The average molecular weight is 508 g/mol. The summed E-state index contributed by atoms with van der Waals surface area (Å²) >= 11 is 0. The number of carbonyl (C=O) groups is 2. The minimum absolute atomic E-state index is 0.108. The molecule has 0 aliphatic carbocycles. The van der Waals surface area contributed by atoms with E-state index in [1.165, 1.54) is 19.3 Å². The van der Waals surface area contributed by atoms with E-state index in [0.29, 0.717) is 40.8 Å². The van der Waals surface area contributed by atoms with Crippen LogP contribution in [0.5, 0.6) is 0 Å². The van der Waals surface area contributed by atoms with E-state index in [9.17, 15) is 18.8 Å². The van der Waals surface area contributed by atoms with Crippen molar-refractivity contribution in [3.63, 3.8) is 0 Å². The number of benzene rings is 2. The van der Waals surface area contributed by atoms with Gasteiger partial charge >= 0.3 is 0 Å². The van der Waals surface area contributed by atoms with Crippen LogP contribution in [0.25, 0.3) is 10.9 Å². The highest BCUT2D eigenvalue weighted by Gasteiger charge is 2.18. The lowest BCUT2D eigenvalue weighted by Crippen LogP contribution is -2.29. The first-order valence-electron chi connectivity index (χ1n) is 12.9. The zero-order valence-electron chi connectivity index (χ0n) is 21.4. The third-order valence-corrected chi connectivity index (χ3v) is 7.00. The van der Waals surface area contributed by atoms with E-state index in [4.69, 9.17) is 0 Å². The van der Waals surface area contributed by atoms with Gasteiger partial charge in [0.05, 0.1) is 10.9 Å². The third-order valence-electron chi connectivity index (χ3n) is 7.00. The lowest BCUT2D eigenvalue weighted by atomic mass is 10.1. The van der Waals surface area contributed by atoms with Gasteiger partial charge in [-0.05, 0) is 70.0 Å².